The number of aromatic nitrogens is 2. The number of nitrogens with one attached hydrogen (secondary N) is 1. The highest BCUT2D eigenvalue weighted by atomic mass is 35.5. The summed E-state index contributed by atoms with van der Waals surface area (Å²) >= 11 is 0. The Balaban J connectivity index is 0.00000280. The number of H-pyrrole nitrogens is 1. The van der Waals surface area contributed by atoms with Gasteiger partial charge in [0, 0.05) is 30.6 Å². The Hall–Kier alpha value is -3.22. The average Bonchev–Trinajstić information content (AvgIpc) is 3.25. The number of nitrogens with zero attached hydrogens (tertiary/aromatic N) is 2. The second kappa shape index (κ2) is 10.3. The summed E-state index contributed by atoms with van der Waals surface area (Å²) in [6.45, 7) is 1.84. The first-order valence-corrected chi connectivity index (χ1v) is 12.7. The Bertz CT molecular complexity index is 1410. The van der Waals surface area contributed by atoms with Gasteiger partial charge in [-0.2, -0.15) is 0 Å². The van der Waals surface area contributed by atoms with Crippen LogP contribution in [0.2, 0.25) is 0 Å². The smallest absolute Gasteiger partial charge is 0.306 e. The van der Waals surface area contributed by atoms with Crippen molar-refractivity contribution in [2.75, 3.05) is 13.1 Å². The Morgan fingerprint density at radius 2 is 1.41 bits per heavy atom. The maximum absolute atomic E-state index is 13.7. The SMILES string of the molecule is Cl.O=c1[nH]c2ccccc2n1C1CCN(C2C=CC(c3ccc(F)cc3)(c3ccc(F)cc3)CC2)CC1. The van der Waals surface area contributed by atoms with Crippen LogP contribution in [0.15, 0.2) is 89.7 Å². The predicted molar refractivity (Wildman–Crippen MR) is 145 cm³/mol. The van der Waals surface area contributed by atoms with Gasteiger partial charge in [0.05, 0.1) is 11.0 Å². The molecule has 3 aromatic carbocycles. The molecule has 0 spiro atoms. The number of rotatable bonds is 4. The molecule has 0 bridgehead atoms. The van der Waals surface area contributed by atoms with Crippen molar-refractivity contribution in [3.63, 3.8) is 0 Å². The molecule has 192 valence electrons. The van der Waals surface area contributed by atoms with E-state index in [1.54, 1.807) is 0 Å². The molecule has 2 aliphatic rings. The monoisotopic (exact) mass is 521 g/mol. The highest BCUT2D eigenvalue weighted by Gasteiger charge is 2.37. The fourth-order valence-corrected chi connectivity index (χ4v) is 6.19. The van der Waals surface area contributed by atoms with E-state index in [0.717, 1.165) is 60.9 Å². The summed E-state index contributed by atoms with van der Waals surface area (Å²) in [7, 11) is 0. The fourth-order valence-electron chi connectivity index (χ4n) is 6.19. The molecule has 1 aromatic heterocycles. The molecule has 0 radical (unpaired) electrons. The maximum atomic E-state index is 13.7. The van der Waals surface area contributed by atoms with Crippen LogP contribution in [0.25, 0.3) is 11.0 Å². The first kappa shape index (κ1) is 25.4. The number of para-hydroxylation sites is 2. The van der Waals surface area contributed by atoms with Crippen LogP contribution < -0.4 is 5.69 Å². The van der Waals surface area contributed by atoms with Gasteiger partial charge in [-0.25, -0.2) is 13.6 Å². The van der Waals surface area contributed by atoms with Crippen LogP contribution >= 0.6 is 12.4 Å². The lowest BCUT2D eigenvalue weighted by Gasteiger charge is -2.42. The number of hydrogen-bond acceptors (Lipinski definition) is 2. The van der Waals surface area contributed by atoms with Gasteiger partial charge in [-0.15, -0.1) is 12.4 Å². The first-order chi connectivity index (χ1) is 17.5. The molecule has 1 fully saturated rings. The molecule has 1 unspecified atom stereocenters. The quantitative estimate of drug-likeness (QED) is 0.317. The molecule has 4 aromatic rings. The first-order valence-electron chi connectivity index (χ1n) is 12.7. The highest BCUT2D eigenvalue weighted by Crippen LogP contribution is 2.42. The molecule has 0 saturated carbocycles. The second-order valence-electron chi connectivity index (χ2n) is 10.0. The molecular formula is C30H30ClF2N3O. The van der Waals surface area contributed by atoms with E-state index in [2.05, 4.69) is 22.0 Å². The van der Waals surface area contributed by atoms with E-state index in [-0.39, 0.29) is 35.8 Å². The lowest BCUT2D eigenvalue weighted by atomic mass is 9.68. The largest absolute Gasteiger partial charge is 0.326 e. The van der Waals surface area contributed by atoms with E-state index in [9.17, 15) is 13.6 Å². The molecular weight excluding hydrogens is 492 g/mol. The normalized spacial score (nSPS) is 20.1. The number of likely N-dealkylation sites (tertiary alicyclic amines) is 1. The summed E-state index contributed by atoms with van der Waals surface area (Å²) in [4.78, 5) is 18.1. The van der Waals surface area contributed by atoms with E-state index < -0.39 is 5.41 Å². The maximum Gasteiger partial charge on any atom is 0.326 e. The standard InChI is InChI=1S/C30H29F2N3O.ClH/c31-23-9-5-21(6-10-23)30(22-7-11-24(32)12-8-22)17-13-25(14-18-30)34-19-15-26(16-20-34)35-28-4-2-1-3-27(28)33-29(35)36;/h1-13,17,25-26H,14-16,18-20H2,(H,33,36);1H. The molecule has 1 atom stereocenters. The summed E-state index contributed by atoms with van der Waals surface area (Å²) < 4.78 is 29.3. The number of aromatic amines is 1. The zero-order valence-corrected chi connectivity index (χ0v) is 21.3. The highest BCUT2D eigenvalue weighted by molar-refractivity contribution is 5.85. The number of piperidine rings is 1. The van der Waals surface area contributed by atoms with Crippen molar-refractivity contribution >= 4 is 23.4 Å². The van der Waals surface area contributed by atoms with Gasteiger partial charge in [-0.05, 0) is 73.2 Å². The van der Waals surface area contributed by atoms with Crippen molar-refractivity contribution in [3.8, 4) is 0 Å². The van der Waals surface area contributed by atoms with Crippen molar-refractivity contribution in [2.24, 2.45) is 0 Å². The molecule has 1 aliphatic heterocycles. The molecule has 0 amide bonds. The van der Waals surface area contributed by atoms with E-state index in [0.29, 0.717) is 6.04 Å². The predicted octanol–water partition coefficient (Wildman–Crippen LogP) is 6.37. The van der Waals surface area contributed by atoms with Crippen LogP contribution in [0, 0.1) is 11.6 Å². The topological polar surface area (TPSA) is 41.0 Å². The van der Waals surface area contributed by atoms with E-state index in [4.69, 9.17) is 0 Å². The van der Waals surface area contributed by atoms with Crippen molar-refractivity contribution in [3.05, 3.63) is 118 Å². The van der Waals surface area contributed by atoms with Gasteiger partial charge in [0.2, 0.25) is 0 Å². The van der Waals surface area contributed by atoms with Crippen LogP contribution in [-0.2, 0) is 5.41 Å². The molecule has 1 aliphatic carbocycles. The molecule has 7 heteroatoms. The minimum absolute atomic E-state index is 0. The van der Waals surface area contributed by atoms with Crippen LogP contribution in [0.5, 0.6) is 0 Å². The zero-order chi connectivity index (χ0) is 24.7. The second-order valence-corrected chi connectivity index (χ2v) is 10.0. The Kier molecular flexibility index (Phi) is 7.06. The third kappa shape index (κ3) is 4.64. The lowest BCUT2D eigenvalue weighted by molar-refractivity contribution is 0.144. The van der Waals surface area contributed by atoms with Gasteiger partial charge in [0.1, 0.15) is 11.6 Å². The number of hydrogen-bond donors (Lipinski definition) is 1. The molecule has 4 nitrogen and oxygen atoms in total. The van der Waals surface area contributed by atoms with Gasteiger partial charge in [0.15, 0.2) is 0 Å². The number of imidazole rings is 1. The van der Waals surface area contributed by atoms with Crippen LogP contribution in [0.4, 0.5) is 8.78 Å². The average molecular weight is 522 g/mol. The summed E-state index contributed by atoms with van der Waals surface area (Å²) in [6.07, 6.45) is 8.16. The summed E-state index contributed by atoms with van der Waals surface area (Å²) in [5.74, 6) is -0.522. The summed E-state index contributed by atoms with van der Waals surface area (Å²) in [5.41, 5.74) is 3.45. The van der Waals surface area contributed by atoms with Crippen LogP contribution in [-0.4, -0.2) is 33.6 Å². The minimum Gasteiger partial charge on any atom is -0.306 e. The van der Waals surface area contributed by atoms with Gasteiger partial charge >= 0.3 is 5.69 Å². The van der Waals surface area contributed by atoms with Crippen molar-refractivity contribution in [1.82, 2.24) is 14.5 Å². The Morgan fingerprint density at radius 1 is 0.811 bits per heavy atom. The molecule has 37 heavy (non-hydrogen) atoms. The third-order valence-corrected chi connectivity index (χ3v) is 8.11. The lowest BCUT2D eigenvalue weighted by Crippen LogP contribution is -2.44. The minimum atomic E-state index is -0.409. The van der Waals surface area contributed by atoms with E-state index >= 15 is 0 Å². The molecule has 2 heterocycles. The van der Waals surface area contributed by atoms with Crippen LogP contribution in [0.1, 0.15) is 42.9 Å². The van der Waals surface area contributed by atoms with Crippen molar-refractivity contribution in [1.29, 1.82) is 0 Å². The van der Waals surface area contributed by atoms with Gasteiger partial charge < -0.3 is 4.98 Å². The summed E-state index contributed by atoms with van der Waals surface area (Å²) in [6, 6.07) is 21.7. The molecule has 1 N–H and O–H groups in total. The van der Waals surface area contributed by atoms with Gasteiger partial charge in [-0.1, -0.05) is 48.6 Å². The van der Waals surface area contributed by atoms with E-state index in [1.165, 1.54) is 24.3 Å². The molecule has 6 rings (SSSR count). The summed E-state index contributed by atoms with van der Waals surface area (Å²) in [5, 5.41) is 0. The zero-order valence-electron chi connectivity index (χ0n) is 20.4. The Labute approximate surface area is 221 Å². The number of allylic oxidation sites excluding steroid dienone is 1. The van der Waals surface area contributed by atoms with Crippen molar-refractivity contribution in [2.45, 2.75) is 43.2 Å². The molecule has 1 saturated heterocycles. The fraction of sp³-hybridized carbons (Fsp3) is 0.300. The van der Waals surface area contributed by atoms with Crippen molar-refractivity contribution < 1.29 is 8.78 Å². The van der Waals surface area contributed by atoms with E-state index in [1.807, 2.05) is 53.1 Å². The van der Waals surface area contributed by atoms with Crippen LogP contribution in [0.3, 0.4) is 0 Å². The Morgan fingerprint density at radius 3 is 1.97 bits per heavy atom. The number of fused-ring (bicyclic) bond motifs is 1. The van der Waals surface area contributed by atoms with Gasteiger partial charge in [0.25, 0.3) is 0 Å². The third-order valence-electron chi connectivity index (χ3n) is 8.11. The number of halogens is 3. The van der Waals surface area contributed by atoms with Gasteiger partial charge in [-0.3, -0.25) is 9.47 Å². The number of benzene rings is 3.